The molecular formula is C14H24N4O2. The number of carboxylic acid groups (broad SMARTS) is 1. The number of aliphatic carboxylic acids is 1. The molecule has 1 aliphatic carbocycles. The Bertz CT molecular complexity index is 469. The van der Waals surface area contributed by atoms with E-state index < -0.39 is 11.5 Å². The number of rotatable bonds is 8. The number of hydrogen-bond donors (Lipinski definition) is 2. The standard InChI is InChI=1S/C14H24N4O2/c1-4-16-14(13(19)20,11-5-6-11)10-17(2)9-12-15-7-8-18(12)3/h7-8,11,16H,4-6,9-10H2,1-3H3,(H,19,20). The molecule has 0 saturated heterocycles. The normalized spacial score (nSPS) is 18.2. The summed E-state index contributed by atoms with van der Waals surface area (Å²) in [4.78, 5) is 18.1. The summed E-state index contributed by atoms with van der Waals surface area (Å²) in [6.07, 6.45) is 5.66. The fraction of sp³-hybridized carbons (Fsp3) is 0.714. The molecule has 0 bridgehead atoms. The molecule has 1 saturated carbocycles. The molecule has 2 rings (SSSR count). The fourth-order valence-electron chi connectivity index (χ4n) is 2.81. The van der Waals surface area contributed by atoms with Crippen LogP contribution < -0.4 is 5.32 Å². The van der Waals surface area contributed by atoms with Crippen LogP contribution in [0.25, 0.3) is 0 Å². The van der Waals surface area contributed by atoms with Crippen molar-refractivity contribution in [3.63, 3.8) is 0 Å². The summed E-state index contributed by atoms with van der Waals surface area (Å²) < 4.78 is 1.96. The van der Waals surface area contributed by atoms with Crippen molar-refractivity contribution >= 4 is 5.97 Å². The molecule has 6 heteroatoms. The van der Waals surface area contributed by atoms with Crippen molar-refractivity contribution in [2.24, 2.45) is 13.0 Å². The third-order valence-electron chi connectivity index (χ3n) is 4.00. The average Bonchev–Trinajstić information content (AvgIpc) is 3.15. The summed E-state index contributed by atoms with van der Waals surface area (Å²) in [6, 6.07) is 0. The van der Waals surface area contributed by atoms with Crippen molar-refractivity contribution in [2.45, 2.75) is 31.8 Å². The minimum absolute atomic E-state index is 0.240. The van der Waals surface area contributed by atoms with E-state index in [0.29, 0.717) is 19.6 Å². The molecule has 1 heterocycles. The van der Waals surface area contributed by atoms with Crippen LogP contribution in [0.1, 0.15) is 25.6 Å². The molecule has 0 spiro atoms. The van der Waals surface area contributed by atoms with Gasteiger partial charge in [0.15, 0.2) is 0 Å². The van der Waals surface area contributed by atoms with Gasteiger partial charge >= 0.3 is 5.97 Å². The first-order valence-corrected chi connectivity index (χ1v) is 7.12. The topological polar surface area (TPSA) is 70.4 Å². The second kappa shape index (κ2) is 5.93. The summed E-state index contributed by atoms with van der Waals surface area (Å²) >= 11 is 0. The first-order valence-electron chi connectivity index (χ1n) is 7.12. The lowest BCUT2D eigenvalue weighted by atomic mass is 9.92. The molecule has 0 radical (unpaired) electrons. The van der Waals surface area contributed by atoms with Crippen LogP contribution in [0.2, 0.25) is 0 Å². The maximum atomic E-state index is 11.8. The Morgan fingerprint density at radius 3 is 2.80 bits per heavy atom. The van der Waals surface area contributed by atoms with Gasteiger partial charge < -0.3 is 15.0 Å². The molecule has 1 atom stereocenters. The summed E-state index contributed by atoms with van der Waals surface area (Å²) in [5.41, 5.74) is -0.825. The summed E-state index contributed by atoms with van der Waals surface area (Å²) in [5.74, 6) is 0.441. The smallest absolute Gasteiger partial charge is 0.325 e. The second-order valence-electron chi connectivity index (χ2n) is 5.71. The van der Waals surface area contributed by atoms with Gasteiger partial charge in [0.05, 0.1) is 6.54 Å². The second-order valence-corrected chi connectivity index (χ2v) is 5.71. The highest BCUT2D eigenvalue weighted by atomic mass is 16.4. The summed E-state index contributed by atoms with van der Waals surface area (Å²) in [7, 11) is 3.90. The average molecular weight is 280 g/mol. The van der Waals surface area contributed by atoms with Crippen molar-refractivity contribution in [1.82, 2.24) is 19.8 Å². The summed E-state index contributed by atoms with van der Waals surface area (Å²) in [6.45, 7) is 3.77. The van der Waals surface area contributed by atoms with Crippen LogP contribution in [0, 0.1) is 5.92 Å². The van der Waals surface area contributed by atoms with Gasteiger partial charge in [-0.15, -0.1) is 0 Å². The monoisotopic (exact) mass is 280 g/mol. The third-order valence-corrected chi connectivity index (χ3v) is 4.00. The maximum Gasteiger partial charge on any atom is 0.325 e. The van der Waals surface area contributed by atoms with Gasteiger partial charge in [-0.2, -0.15) is 0 Å². The molecule has 112 valence electrons. The van der Waals surface area contributed by atoms with Gasteiger partial charge in [-0.25, -0.2) is 4.98 Å². The predicted molar refractivity (Wildman–Crippen MR) is 76.3 cm³/mol. The molecule has 1 aromatic heterocycles. The Balaban J connectivity index is 2.07. The van der Waals surface area contributed by atoms with Crippen LogP contribution in [0.15, 0.2) is 12.4 Å². The van der Waals surface area contributed by atoms with Crippen molar-refractivity contribution < 1.29 is 9.90 Å². The zero-order valence-corrected chi connectivity index (χ0v) is 12.5. The van der Waals surface area contributed by atoms with Crippen molar-refractivity contribution in [1.29, 1.82) is 0 Å². The zero-order chi connectivity index (χ0) is 14.8. The largest absolute Gasteiger partial charge is 0.480 e. The van der Waals surface area contributed by atoms with Crippen molar-refractivity contribution in [2.75, 3.05) is 20.1 Å². The molecular weight excluding hydrogens is 256 g/mol. The van der Waals surface area contributed by atoms with Gasteiger partial charge in [-0.1, -0.05) is 6.92 Å². The van der Waals surface area contributed by atoms with Gasteiger partial charge in [-0.3, -0.25) is 9.69 Å². The van der Waals surface area contributed by atoms with Gasteiger partial charge in [0.2, 0.25) is 0 Å². The van der Waals surface area contributed by atoms with E-state index in [-0.39, 0.29) is 5.92 Å². The van der Waals surface area contributed by atoms with Crippen LogP contribution in [0.4, 0.5) is 0 Å². The number of imidazole rings is 1. The Hall–Kier alpha value is -1.40. The Labute approximate surface area is 119 Å². The van der Waals surface area contributed by atoms with E-state index in [4.69, 9.17) is 0 Å². The molecule has 1 aromatic rings. The van der Waals surface area contributed by atoms with E-state index in [0.717, 1.165) is 18.7 Å². The van der Waals surface area contributed by atoms with E-state index in [9.17, 15) is 9.90 Å². The fourth-order valence-corrected chi connectivity index (χ4v) is 2.81. The highest BCUT2D eigenvalue weighted by molar-refractivity contribution is 5.80. The molecule has 0 aromatic carbocycles. The number of hydrogen-bond acceptors (Lipinski definition) is 4. The Kier molecular flexibility index (Phi) is 4.45. The number of likely N-dealkylation sites (N-methyl/N-ethyl adjacent to an activating group) is 2. The molecule has 0 amide bonds. The molecule has 1 unspecified atom stereocenters. The number of carbonyl (C=O) groups is 1. The lowest BCUT2D eigenvalue weighted by Gasteiger charge is -2.34. The Morgan fingerprint density at radius 1 is 1.65 bits per heavy atom. The number of nitrogens with zero attached hydrogens (tertiary/aromatic N) is 3. The van der Waals surface area contributed by atoms with Crippen LogP contribution in [-0.2, 0) is 18.4 Å². The quantitative estimate of drug-likeness (QED) is 0.733. The molecule has 1 fully saturated rings. The Morgan fingerprint density at radius 2 is 2.35 bits per heavy atom. The zero-order valence-electron chi connectivity index (χ0n) is 12.5. The van der Waals surface area contributed by atoms with Crippen LogP contribution in [0.3, 0.4) is 0 Å². The third kappa shape index (κ3) is 3.02. The van der Waals surface area contributed by atoms with Crippen LogP contribution >= 0.6 is 0 Å². The number of aromatic nitrogens is 2. The molecule has 6 nitrogen and oxygen atoms in total. The SMILES string of the molecule is CCNC(CN(C)Cc1nccn1C)(C(=O)O)C1CC1. The van der Waals surface area contributed by atoms with Gasteiger partial charge in [0, 0.05) is 26.0 Å². The lowest BCUT2D eigenvalue weighted by molar-refractivity contribution is -0.147. The van der Waals surface area contributed by atoms with E-state index in [1.807, 2.05) is 36.7 Å². The maximum absolute atomic E-state index is 11.8. The number of nitrogens with one attached hydrogen (secondary N) is 1. The molecule has 0 aliphatic heterocycles. The molecule has 2 N–H and O–H groups in total. The van der Waals surface area contributed by atoms with Crippen LogP contribution in [-0.4, -0.2) is 51.2 Å². The first-order chi connectivity index (χ1) is 9.49. The van der Waals surface area contributed by atoms with Gasteiger partial charge in [-0.05, 0) is 32.4 Å². The van der Waals surface area contributed by atoms with E-state index >= 15 is 0 Å². The van der Waals surface area contributed by atoms with Crippen molar-refractivity contribution in [3.05, 3.63) is 18.2 Å². The van der Waals surface area contributed by atoms with Gasteiger partial charge in [0.25, 0.3) is 0 Å². The minimum Gasteiger partial charge on any atom is -0.480 e. The first kappa shape index (κ1) is 15.0. The highest BCUT2D eigenvalue weighted by Crippen LogP contribution is 2.40. The minimum atomic E-state index is -0.825. The molecule has 20 heavy (non-hydrogen) atoms. The van der Waals surface area contributed by atoms with Crippen LogP contribution in [0.5, 0.6) is 0 Å². The number of aryl methyl sites for hydroxylation is 1. The lowest BCUT2D eigenvalue weighted by Crippen LogP contribution is -2.60. The van der Waals surface area contributed by atoms with E-state index in [1.54, 1.807) is 6.20 Å². The highest BCUT2D eigenvalue weighted by Gasteiger charge is 2.51. The predicted octanol–water partition coefficient (Wildman–Crippen LogP) is 0.695. The van der Waals surface area contributed by atoms with E-state index in [1.165, 1.54) is 0 Å². The van der Waals surface area contributed by atoms with Crippen molar-refractivity contribution in [3.8, 4) is 0 Å². The number of carboxylic acids is 1. The van der Waals surface area contributed by atoms with E-state index in [2.05, 4.69) is 10.3 Å². The van der Waals surface area contributed by atoms with Gasteiger partial charge in [0.1, 0.15) is 11.4 Å². The molecule has 1 aliphatic rings. The summed E-state index contributed by atoms with van der Waals surface area (Å²) in [5, 5.41) is 12.9.